The Morgan fingerprint density at radius 3 is 2.72 bits per heavy atom. The monoisotopic (exact) mass is 371 g/mol. The van der Waals surface area contributed by atoms with Gasteiger partial charge in [0.15, 0.2) is 9.84 Å². The molecule has 2 atom stereocenters. The molecular formula is C16H25N3O5S. The SMILES string of the molecule is CC1(C)C[C@@H](NC(=O)C2=NN([C@H]3CCS(=O)(=O)C3)C(=O)CC2)CCO1. The molecule has 0 radical (unpaired) electrons. The molecule has 0 spiro atoms. The van der Waals surface area contributed by atoms with Crippen LogP contribution in [0.4, 0.5) is 0 Å². The van der Waals surface area contributed by atoms with Gasteiger partial charge < -0.3 is 10.1 Å². The molecule has 2 fully saturated rings. The van der Waals surface area contributed by atoms with E-state index >= 15 is 0 Å². The minimum absolute atomic E-state index is 0.0110. The topological polar surface area (TPSA) is 105 Å². The number of ether oxygens (including phenoxy) is 1. The molecule has 8 nitrogen and oxygen atoms in total. The van der Waals surface area contributed by atoms with Crippen molar-refractivity contribution < 1.29 is 22.7 Å². The van der Waals surface area contributed by atoms with E-state index in [9.17, 15) is 18.0 Å². The summed E-state index contributed by atoms with van der Waals surface area (Å²) in [6.07, 6.45) is 2.30. The Hall–Kier alpha value is -1.48. The van der Waals surface area contributed by atoms with Crippen LogP contribution < -0.4 is 5.32 Å². The summed E-state index contributed by atoms with van der Waals surface area (Å²) in [4.78, 5) is 24.6. The minimum Gasteiger partial charge on any atom is -0.375 e. The molecule has 0 aromatic carbocycles. The Bertz CT molecular complexity index is 701. The number of sulfone groups is 1. The predicted octanol–water partition coefficient (Wildman–Crippen LogP) is 0.226. The molecular weight excluding hydrogens is 346 g/mol. The van der Waals surface area contributed by atoms with Crippen molar-refractivity contribution in [3.63, 3.8) is 0 Å². The van der Waals surface area contributed by atoms with Crippen molar-refractivity contribution in [2.75, 3.05) is 18.1 Å². The van der Waals surface area contributed by atoms with Gasteiger partial charge >= 0.3 is 0 Å². The summed E-state index contributed by atoms with van der Waals surface area (Å²) in [7, 11) is -3.12. The van der Waals surface area contributed by atoms with Crippen molar-refractivity contribution in [3.8, 4) is 0 Å². The summed E-state index contributed by atoms with van der Waals surface area (Å²) in [6, 6.07) is -0.445. The van der Waals surface area contributed by atoms with Crippen molar-refractivity contribution in [1.29, 1.82) is 0 Å². The van der Waals surface area contributed by atoms with E-state index in [1.54, 1.807) is 0 Å². The zero-order chi connectivity index (χ0) is 18.2. The second-order valence-electron chi connectivity index (χ2n) is 7.61. The van der Waals surface area contributed by atoms with Crippen LogP contribution in [-0.4, -0.2) is 66.8 Å². The van der Waals surface area contributed by atoms with E-state index in [1.807, 2.05) is 13.8 Å². The van der Waals surface area contributed by atoms with Crippen LogP contribution in [0, 0.1) is 0 Å². The number of nitrogens with one attached hydrogen (secondary N) is 1. The number of amides is 2. The minimum atomic E-state index is -3.12. The van der Waals surface area contributed by atoms with Gasteiger partial charge in [-0.05, 0) is 33.1 Å². The molecule has 0 saturated carbocycles. The van der Waals surface area contributed by atoms with Gasteiger partial charge in [0.1, 0.15) is 5.71 Å². The molecule has 9 heteroatoms. The molecule has 25 heavy (non-hydrogen) atoms. The molecule has 0 aromatic rings. The molecule has 0 bridgehead atoms. The van der Waals surface area contributed by atoms with Gasteiger partial charge in [0.2, 0.25) is 5.91 Å². The van der Waals surface area contributed by atoms with Gasteiger partial charge in [-0.3, -0.25) is 9.59 Å². The summed E-state index contributed by atoms with van der Waals surface area (Å²) in [6.45, 7) is 4.57. The van der Waals surface area contributed by atoms with E-state index < -0.39 is 15.9 Å². The smallest absolute Gasteiger partial charge is 0.267 e. The molecule has 3 aliphatic heterocycles. The first-order valence-corrected chi connectivity index (χ1v) is 10.5. The quantitative estimate of drug-likeness (QED) is 0.764. The van der Waals surface area contributed by atoms with Crippen LogP contribution in [-0.2, 0) is 24.2 Å². The molecule has 0 unspecified atom stereocenters. The van der Waals surface area contributed by atoms with Gasteiger partial charge in [-0.1, -0.05) is 0 Å². The van der Waals surface area contributed by atoms with Crippen molar-refractivity contribution in [2.24, 2.45) is 5.10 Å². The molecule has 2 amide bonds. The highest BCUT2D eigenvalue weighted by Gasteiger charge is 2.38. The standard InChI is InChI=1S/C16H25N3O5S/c1-16(2)9-11(5-7-24-16)17-15(21)13-3-4-14(20)19(18-13)12-6-8-25(22,23)10-12/h11-12H,3-10H2,1-2H3,(H,17,21)/t11-,12-/m0/s1. The van der Waals surface area contributed by atoms with Gasteiger partial charge in [-0.2, -0.15) is 5.10 Å². The Morgan fingerprint density at radius 2 is 2.08 bits per heavy atom. The maximum Gasteiger partial charge on any atom is 0.267 e. The van der Waals surface area contributed by atoms with Crippen LogP contribution >= 0.6 is 0 Å². The number of carbonyl (C=O) groups is 2. The lowest BCUT2D eigenvalue weighted by molar-refractivity contribution is -0.133. The van der Waals surface area contributed by atoms with Crippen molar-refractivity contribution >= 4 is 27.4 Å². The lowest BCUT2D eigenvalue weighted by atomic mass is 9.93. The summed E-state index contributed by atoms with van der Waals surface area (Å²) in [5.41, 5.74) is 0.0262. The number of hydrogen-bond donors (Lipinski definition) is 1. The lowest BCUT2D eigenvalue weighted by Gasteiger charge is -2.36. The summed E-state index contributed by atoms with van der Waals surface area (Å²) in [5, 5.41) is 8.40. The number of hydrazone groups is 1. The molecule has 0 aliphatic carbocycles. The van der Waals surface area contributed by atoms with E-state index in [4.69, 9.17) is 4.74 Å². The molecule has 3 rings (SSSR count). The molecule has 2 saturated heterocycles. The summed E-state index contributed by atoms with van der Waals surface area (Å²) >= 11 is 0. The van der Waals surface area contributed by atoms with E-state index in [0.29, 0.717) is 18.7 Å². The van der Waals surface area contributed by atoms with Crippen molar-refractivity contribution in [2.45, 2.75) is 63.6 Å². The predicted molar refractivity (Wildman–Crippen MR) is 91.8 cm³/mol. The third-order valence-corrected chi connectivity index (χ3v) is 6.66. The van der Waals surface area contributed by atoms with Gasteiger partial charge in [0.25, 0.3) is 5.91 Å². The van der Waals surface area contributed by atoms with Crippen molar-refractivity contribution in [1.82, 2.24) is 10.3 Å². The van der Waals surface area contributed by atoms with Gasteiger partial charge in [0, 0.05) is 25.5 Å². The van der Waals surface area contributed by atoms with Gasteiger partial charge in [-0.15, -0.1) is 0 Å². The van der Waals surface area contributed by atoms with Gasteiger partial charge in [-0.25, -0.2) is 13.4 Å². The third kappa shape index (κ3) is 4.38. The number of rotatable bonds is 3. The van der Waals surface area contributed by atoms with Crippen LogP contribution in [0.1, 0.15) is 46.0 Å². The van der Waals surface area contributed by atoms with Crippen molar-refractivity contribution in [3.05, 3.63) is 0 Å². The molecule has 0 aromatic heterocycles. The third-order valence-electron chi connectivity index (χ3n) is 4.91. The maximum absolute atomic E-state index is 12.5. The first kappa shape index (κ1) is 18.3. The lowest BCUT2D eigenvalue weighted by Crippen LogP contribution is -2.49. The van der Waals surface area contributed by atoms with Crippen LogP contribution in [0.5, 0.6) is 0 Å². The average Bonchev–Trinajstić information content (AvgIpc) is 2.86. The Labute approximate surface area is 147 Å². The molecule has 3 aliphatic rings. The van der Waals surface area contributed by atoms with E-state index in [-0.39, 0.29) is 47.8 Å². The number of carbonyl (C=O) groups excluding carboxylic acids is 2. The summed E-state index contributed by atoms with van der Waals surface area (Å²) < 4.78 is 29.0. The first-order valence-electron chi connectivity index (χ1n) is 8.70. The number of nitrogens with zero attached hydrogens (tertiary/aromatic N) is 2. The highest BCUT2D eigenvalue weighted by molar-refractivity contribution is 7.91. The summed E-state index contributed by atoms with van der Waals surface area (Å²) in [5.74, 6) is -0.507. The molecule has 1 N–H and O–H groups in total. The fraction of sp³-hybridized carbons (Fsp3) is 0.812. The molecule has 3 heterocycles. The van der Waals surface area contributed by atoms with E-state index in [1.165, 1.54) is 5.01 Å². The number of hydrogen-bond acceptors (Lipinski definition) is 6. The van der Waals surface area contributed by atoms with Gasteiger partial charge in [0.05, 0.1) is 23.1 Å². The van der Waals surface area contributed by atoms with Crippen LogP contribution in [0.3, 0.4) is 0 Å². The first-order chi connectivity index (χ1) is 11.7. The van der Waals surface area contributed by atoms with E-state index in [2.05, 4.69) is 10.4 Å². The zero-order valence-electron chi connectivity index (χ0n) is 14.7. The highest BCUT2D eigenvalue weighted by atomic mass is 32.2. The normalized spacial score (nSPS) is 31.5. The zero-order valence-corrected chi connectivity index (χ0v) is 15.5. The Balaban J connectivity index is 1.67. The van der Waals surface area contributed by atoms with Crippen LogP contribution in [0.2, 0.25) is 0 Å². The average molecular weight is 371 g/mol. The Morgan fingerprint density at radius 1 is 1.32 bits per heavy atom. The highest BCUT2D eigenvalue weighted by Crippen LogP contribution is 2.25. The largest absolute Gasteiger partial charge is 0.375 e. The molecule has 140 valence electrons. The fourth-order valence-electron chi connectivity index (χ4n) is 3.61. The second-order valence-corrected chi connectivity index (χ2v) is 9.84. The Kier molecular flexibility index (Phi) is 4.89. The maximum atomic E-state index is 12.5. The van der Waals surface area contributed by atoms with Crippen LogP contribution in [0.25, 0.3) is 0 Å². The van der Waals surface area contributed by atoms with E-state index in [0.717, 1.165) is 12.8 Å². The fourth-order valence-corrected chi connectivity index (χ4v) is 5.30. The van der Waals surface area contributed by atoms with Crippen LogP contribution in [0.15, 0.2) is 5.10 Å². The second kappa shape index (κ2) is 6.68.